The van der Waals surface area contributed by atoms with E-state index in [1.165, 1.54) is 18.3 Å². The summed E-state index contributed by atoms with van der Waals surface area (Å²) in [6, 6.07) is 3.59. The quantitative estimate of drug-likeness (QED) is 0.716. The second-order valence-corrected chi connectivity index (χ2v) is 6.94. The fraction of sp³-hybridized carbons (Fsp3) is 0.389. The van der Waals surface area contributed by atoms with Crippen LogP contribution in [0.1, 0.15) is 36.6 Å². The maximum Gasteiger partial charge on any atom is 0.422 e. The largest absolute Gasteiger partial charge is 0.467 e. The van der Waals surface area contributed by atoms with E-state index in [9.17, 15) is 22.4 Å². The van der Waals surface area contributed by atoms with Gasteiger partial charge in [-0.15, -0.1) is 0 Å². The maximum absolute atomic E-state index is 13.1. The first-order chi connectivity index (χ1) is 13.1. The molecule has 0 radical (unpaired) electrons. The van der Waals surface area contributed by atoms with Crippen LogP contribution in [0, 0.1) is 11.7 Å². The molecule has 5 nitrogen and oxygen atoms in total. The van der Waals surface area contributed by atoms with Gasteiger partial charge in [0.25, 0.3) is 0 Å². The molecule has 1 aromatic carbocycles. The van der Waals surface area contributed by atoms with Crippen molar-refractivity contribution in [2.24, 2.45) is 5.92 Å². The number of rotatable bonds is 6. The Labute approximate surface area is 163 Å². The van der Waals surface area contributed by atoms with E-state index in [0.717, 1.165) is 11.8 Å². The highest BCUT2D eigenvalue weighted by Crippen LogP contribution is 2.49. The van der Waals surface area contributed by atoms with Gasteiger partial charge in [-0.3, -0.25) is 9.78 Å². The first-order valence-corrected chi connectivity index (χ1v) is 8.78. The molecule has 0 bridgehead atoms. The molecule has 1 fully saturated rings. The number of nitrogens with one attached hydrogen (secondary N) is 1. The molecule has 3 rings (SSSR count). The molecule has 3 atom stereocenters. The van der Waals surface area contributed by atoms with E-state index in [2.05, 4.69) is 20.0 Å². The topological polar surface area (TPSA) is 64.1 Å². The summed E-state index contributed by atoms with van der Waals surface area (Å²) in [6.45, 7) is 0.225. The third kappa shape index (κ3) is 5.09. The Kier molecular flexibility index (Phi) is 5.74. The van der Waals surface area contributed by atoms with Crippen molar-refractivity contribution in [2.75, 3.05) is 6.61 Å². The van der Waals surface area contributed by atoms with Gasteiger partial charge in [0.1, 0.15) is 5.82 Å². The lowest BCUT2D eigenvalue weighted by atomic mass is 10.1. The van der Waals surface area contributed by atoms with Gasteiger partial charge in [-0.1, -0.05) is 17.7 Å². The summed E-state index contributed by atoms with van der Waals surface area (Å²) in [5, 5.41) is 3.07. The van der Waals surface area contributed by atoms with Crippen LogP contribution in [0.4, 0.5) is 17.6 Å². The number of nitrogens with zero attached hydrogens (tertiary/aromatic N) is 2. The second kappa shape index (κ2) is 7.90. The highest BCUT2D eigenvalue weighted by Gasteiger charge is 2.45. The zero-order chi connectivity index (χ0) is 20.5. The molecule has 1 aliphatic carbocycles. The molecule has 2 aromatic rings. The monoisotopic (exact) mass is 417 g/mol. The molecule has 1 aliphatic rings. The van der Waals surface area contributed by atoms with Gasteiger partial charge in [-0.05, 0) is 37.0 Å². The highest BCUT2D eigenvalue weighted by atomic mass is 35.5. The molecular weight excluding hydrogens is 402 g/mol. The van der Waals surface area contributed by atoms with E-state index in [4.69, 9.17) is 11.6 Å². The van der Waals surface area contributed by atoms with E-state index in [1.54, 1.807) is 13.0 Å². The minimum Gasteiger partial charge on any atom is -0.467 e. The number of carbonyl (C=O) groups excluding carboxylic acids is 1. The third-order valence-corrected chi connectivity index (χ3v) is 4.65. The number of aromatic nitrogens is 2. The molecule has 28 heavy (non-hydrogen) atoms. The van der Waals surface area contributed by atoms with Gasteiger partial charge in [-0.2, -0.15) is 13.2 Å². The first kappa shape index (κ1) is 20.3. The molecular formula is C18H16ClF4N3O2. The number of hydrogen-bond acceptors (Lipinski definition) is 4. The molecule has 1 amide bonds. The highest BCUT2D eigenvalue weighted by molar-refractivity contribution is 6.31. The number of amides is 1. The minimum absolute atomic E-state index is 0.0791. The summed E-state index contributed by atoms with van der Waals surface area (Å²) in [7, 11) is 0. The van der Waals surface area contributed by atoms with Gasteiger partial charge in [0.2, 0.25) is 11.8 Å². The zero-order valence-corrected chi connectivity index (χ0v) is 15.4. The predicted molar refractivity (Wildman–Crippen MR) is 92.4 cm³/mol. The van der Waals surface area contributed by atoms with Gasteiger partial charge in [0.05, 0.1) is 24.1 Å². The van der Waals surface area contributed by atoms with Crippen molar-refractivity contribution in [1.82, 2.24) is 15.3 Å². The van der Waals surface area contributed by atoms with Crippen LogP contribution in [0.5, 0.6) is 5.88 Å². The molecule has 1 heterocycles. The molecule has 1 saturated carbocycles. The molecule has 2 unspecified atom stereocenters. The normalized spacial score (nSPS) is 19.8. The predicted octanol–water partition coefficient (Wildman–Crippen LogP) is 4.19. The summed E-state index contributed by atoms with van der Waals surface area (Å²) >= 11 is 6.03. The minimum atomic E-state index is -4.46. The Morgan fingerprint density at radius 1 is 1.36 bits per heavy atom. The number of benzene rings is 1. The average molecular weight is 418 g/mol. The number of hydrogen-bond donors (Lipinski definition) is 1. The summed E-state index contributed by atoms with van der Waals surface area (Å²) in [4.78, 5) is 20.1. The van der Waals surface area contributed by atoms with Crippen LogP contribution in [0.15, 0.2) is 30.6 Å². The number of carbonyl (C=O) groups is 1. The molecule has 0 spiro atoms. The van der Waals surface area contributed by atoms with Crippen molar-refractivity contribution in [2.45, 2.75) is 31.5 Å². The summed E-state index contributed by atoms with van der Waals surface area (Å²) in [6.07, 6.45) is -1.55. The Balaban J connectivity index is 1.55. The Morgan fingerprint density at radius 3 is 2.71 bits per heavy atom. The van der Waals surface area contributed by atoms with Crippen molar-refractivity contribution in [3.05, 3.63) is 52.7 Å². The van der Waals surface area contributed by atoms with Crippen LogP contribution >= 0.6 is 11.6 Å². The van der Waals surface area contributed by atoms with E-state index < -0.39 is 24.6 Å². The summed E-state index contributed by atoms with van der Waals surface area (Å²) in [5.74, 6) is -1.27. The van der Waals surface area contributed by atoms with Crippen LogP contribution in [0.25, 0.3) is 0 Å². The number of alkyl halides is 3. The van der Waals surface area contributed by atoms with E-state index in [-0.39, 0.29) is 28.6 Å². The van der Waals surface area contributed by atoms with E-state index in [0.29, 0.717) is 12.1 Å². The molecule has 150 valence electrons. The van der Waals surface area contributed by atoms with Crippen LogP contribution in [0.3, 0.4) is 0 Å². The van der Waals surface area contributed by atoms with E-state index in [1.807, 2.05) is 0 Å². The van der Waals surface area contributed by atoms with Crippen molar-refractivity contribution in [1.29, 1.82) is 0 Å². The number of ether oxygens (including phenoxy) is 1. The zero-order valence-electron chi connectivity index (χ0n) is 14.6. The van der Waals surface area contributed by atoms with Gasteiger partial charge >= 0.3 is 6.18 Å². The Morgan fingerprint density at radius 2 is 2.11 bits per heavy atom. The molecule has 0 saturated heterocycles. The van der Waals surface area contributed by atoms with Crippen molar-refractivity contribution < 1.29 is 27.1 Å². The van der Waals surface area contributed by atoms with Crippen LogP contribution in [0.2, 0.25) is 5.02 Å². The lowest BCUT2D eigenvalue weighted by Crippen LogP contribution is -2.29. The Hall–Kier alpha value is -2.42. The second-order valence-electron chi connectivity index (χ2n) is 6.53. The van der Waals surface area contributed by atoms with Crippen LogP contribution in [-0.2, 0) is 4.79 Å². The third-order valence-electron chi connectivity index (χ3n) is 4.32. The molecule has 1 N–H and O–H groups in total. The molecule has 10 heteroatoms. The van der Waals surface area contributed by atoms with Gasteiger partial charge in [-0.25, -0.2) is 9.37 Å². The SMILES string of the molecule is C[C@@H](NC(=O)C1CC1c1ccc(F)cc1Cl)c1cnc(OCC(F)(F)F)cn1. The lowest BCUT2D eigenvalue weighted by Gasteiger charge is -2.14. The van der Waals surface area contributed by atoms with Gasteiger partial charge in [0.15, 0.2) is 6.61 Å². The Bertz CT molecular complexity index is 861. The van der Waals surface area contributed by atoms with Crippen LogP contribution in [-0.4, -0.2) is 28.7 Å². The van der Waals surface area contributed by atoms with Crippen LogP contribution < -0.4 is 10.1 Å². The maximum atomic E-state index is 13.1. The molecule has 1 aromatic heterocycles. The number of halogens is 5. The average Bonchev–Trinajstić information content (AvgIpc) is 3.40. The molecule has 0 aliphatic heterocycles. The van der Waals surface area contributed by atoms with Crippen molar-refractivity contribution >= 4 is 17.5 Å². The standard InChI is InChI=1S/C18H16ClF4N3O2/c1-9(15-6-25-16(7-24-15)28-8-18(21,22)23)26-17(27)13-5-12(13)11-3-2-10(20)4-14(11)19/h2-4,6-7,9,12-13H,5,8H2,1H3,(H,26,27)/t9-,12?,13?/m1/s1. The summed E-state index contributed by atoms with van der Waals surface area (Å²) < 4.78 is 54.0. The van der Waals surface area contributed by atoms with Crippen molar-refractivity contribution in [3.8, 4) is 5.88 Å². The van der Waals surface area contributed by atoms with Crippen molar-refractivity contribution in [3.63, 3.8) is 0 Å². The fourth-order valence-electron chi connectivity index (χ4n) is 2.81. The van der Waals surface area contributed by atoms with E-state index >= 15 is 0 Å². The first-order valence-electron chi connectivity index (χ1n) is 8.41. The van der Waals surface area contributed by atoms with Gasteiger partial charge < -0.3 is 10.1 Å². The van der Waals surface area contributed by atoms with Gasteiger partial charge in [0, 0.05) is 10.9 Å². The lowest BCUT2D eigenvalue weighted by molar-refractivity contribution is -0.154. The summed E-state index contributed by atoms with van der Waals surface area (Å²) in [5.41, 5.74) is 1.10. The smallest absolute Gasteiger partial charge is 0.422 e. The fourth-order valence-corrected chi connectivity index (χ4v) is 3.11.